The third-order valence-electron chi connectivity index (χ3n) is 4.69. The molecule has 2 N–H and O–H groups in total. The van der Waals surface area contributed by atoms with Gasteiger partial charge in [-0.15, -0.1) is 5.10 Å². The average Bonchev–Trinajstić information content (AvgIpc) is 3.19. The summed E-state index contributed by atoms with van der Waals surface area (Å²) in [7, 11) is 0. The number of hydrogen-bond acceptors (Lipinski definition) is 4. The third kappa shape index (κ3) is 3.12. The minimum Gasteiger partial charge on any atom is -0.346 e. The molecule has 3 atom stereocenters. The lowest BCUT2D eigenvalue weighted by atomic mass is 10.1. The van der Waals surface area contributed by atoms with Crippen molar-refractivity contribution in [2.75, 3.05) is 13.1 Å². The van der Waals surface area contributed by atoms with Gasteiger partial charge in [-0.3, -0.25) is 4.79 Å². The van der Waals surface area contributed by atoms with E-state index in [9.17, 15) is 4.79 Å². The van der Waals surface area contributed by atoms with Crippen molar-refractivity contribution in [2.45, 2.75) is 37.3 Å². The predicted octanol–water partition coefficient (Wildman–Crippen LogP) is 1.49. The number of rotatable bonds is 4. The maximum atomic E-state index is 12.3. The number of nitrogens with zero attached hydrogens (tertiary/aromatic N) is 3. The molecule has 0 bridgehead atoms. The van der Waals surface area contributed by atoms with Crippen LogP contribution in [-0.4, -0.2) is 39.8 Å². The van der Waals surface area contributed by atoms with Gasteiger partial charge in [-0.25, -0.2) is 9.67 Å². The van der Waals surface area contributed by atoms with Crippen molar-refractivity contribution in [3.63, 3.8) is 0 Å². The summed E-state index contributed by atoms with van der Waals surface area (Å²) < 4.78 is 1.82. The molecule has 1 aromatic carbocycles. The van der Waals surface area contributed by atoms with E-state index < -0.39 is 0 Å². The first kappa shape index (κ1) is 14.4. The highest BCUT2D eigenvalue weighted by Crippen LogP contribution is 2.40. The second kappa shape index (κ2) is 6.12. The fourth-order valence-electron chi connectivity index (χ4n) is 3.27. The number of aromatic nitrogens is 3. The number of benzene rings is 1. The highest BCUT2D eigenvalue weighted by molar-refractivity contribution is 5.90. The summed E-state index contributed by atoms with van der Waals surface area (Å²) >= 11 is 0. The number of carbonyl (C=O) groups excluding carboxylic acids is 1. The molecule has 1 aromatic heterocycles. The van der Waals surface area contributed by atoms with E-state index in [1.165, 1.54) is 5.56 Å². The van der Waals surface area contributed by atoms with E-state index in [2.05, 4.69) is 32.8 Å². The van der Waals surface area contributed by atoms with Crippen LogP contribution in [0.4, 0.5) is 0 Å². The van der Waals surface area contributed by atoms with Crippen molar-refractivity contribution < 1.29 is 4.79 Å². The molecule has 23 heavy (non-hydrogen) atoms. The molecule has 2 heterocycles. The van der Waals surface area contributed by atoms with E-state index in [0.29, 0.717) is 12.0 Å². The Hall–Kier alpha value is -2.21. The molecule has 0 unspecified atom stereocenters. The molecule has 4 rings (SSSR count). The van der Waals surface area contributed by atoms with Crippen molar-refractivity contribution in [2.24, 2.45) is 0 Å². The van der Waals surface area contributed by atoms with E-state index in [-0.39, 0.29) is 17.8 Å². The Morgan fingerprint density at radius 2 is 2.17 bits per heavy atom. The SMILES string of the molecule is O=C(N[C@@H]1C[C@H]1c1ccccc1)c1ncn([C@H]2CCCNC2)n1. The minimum atomic E-state index is -0.170. The summed E-state index contributed by atoms with van der Waals surface area (Å²) in [4.78, 5) is 16.5. The summed E-state index contributed by atoms with van der Waals surface area (Å²) in [6, 6.07) is 10.8. The van der Waals surface area contributed by atoms with E-state index in [1.54, 1.807) is 6.33 Å². The second-order valence-corrected chi connectivity index (χ2v) is 6.38. The molecular weight excluding hydrogens is 290 g/mol. The zero-order valence-corrected chi connectivity index (χ0v) is 13.0. The lowest BCUT2D eigenvalue weighted by Gasteiger charge is -2.22. The van der Waals surface area contributed by atoms with Crippen LogP contribution in [0, 0.1) is 0 Å². The Balaban J connectivity index is 1.36. The molecule has 1 saturated carbocycles. The van der Waals surface area contributed by atoms with E-state index in [1.807, 2.05) is 22.9 Å². The van der Waals surface area contributed by atoms with Gasteiger partial charge in [0.05, 0.1) is 6.04 Å². The van der Waals surface area contributed by atoms with Crippen molar-refractivity contribution in [1.29, 1.82) is 0 Å². The number of piperidine rings is 1. The summed E-state index contributed by atoms with van der Waals surface area (Å²) in [6.45, 7) is 1.95. The van der Waals surface area contributed by atoms with Gasteiger partial charge in [-0.1, -0.05) is 30.3 Å². The van der Waals surface area contributed by atoms with Crippen LogP contribution in [-0.2, 0) is 0 Å². The molecule has 2 aliphatic rings. The zero-order valence-electron chi connectivity index (χ0n) is 13.0. The molecule has 120 valence electrons. The maximum absolute atomic E-state index is 12.3. The van der Waals surface area contributed by atoms with Crippen LogP contribution >= 0.6 is 0 Å². The van der Waals surface area contributed by atoms with Crippen LogP contribution in [0.25, 0.3) is 0 Å². The first-order valence-corrected chi connectivity index (χ1v) is 8.29. The fraction of sp³-hybridized carbons (Fsp3) is 0.471. The Labute approximate surface area is 135 Å². The standard InChI is InChI=1S/C17H21N5O/c23-17(20-15-9-14(15)12-5-2-1-3-6-12)16-19-11-22(21-16)13-7-4-8-18-10-13/h1-3,5-6,11,13-15,18H,4,7-10H2,(H,20,23)/t13-,14-,15+/m0/s1. The van der Waals surface area contributed by atoms with Crippen LogP contribution in [0.1, 0.15) is 47.4 Å². The van der Waals surface area contributed by atoms with Crippen molar-refractivity contribution >= 4 is 5.91 Å². The van der Waals surface area contributed by atoms with Gasteiger partial charge in [0.2, 0.25) is 5.82 Å². The molecule has 6 heteroatoms. The first-order valence-electron chi connectivity index (χ1n) is 8.29. The van der Waals surface area contributed by atoms with Crippen LogP contribution in [0.2, 0.25) is 0 Å². The monoisotopic (exact) mass is 311 g/mol. The summed E-state index contributed by atoms with van der Waals surface area (Å²) in [5, 5.41) is 10.8. The number of amides is 1. The molecule has 2 fully saturated rings. The molecular formula is C17H21N5O. The lowest BCUT2D eigenvalue weighted by Crippen LogP contribution is -2.32. The number of carbonyl (C=O) groups is 1. The third-order valence-corrected chi connectivity index (χ3v) is 4.69. The highest BCUT2D eigenvalue weighted by atomic mass is 16.2. The van der Waals surface area contributed by atoms with Crippen LogP contribution in [0.15, 0.2) is 36.7 Å². The summed E-state index contributed by atoms with van der Waals surface area (Å²) in [5.74, 6) is 0.523. The number of hydrogen-bond donors (Lipinski definition) is 2. The van der Waals surface area contributed by atoms with E-state index in [4.69, 9.17) is 0 Å². The quantitative estimate of drug-likeness (QED) is 0.897. The van der Waals surface area contributed by atoms with Gasteiger partial charge in [0, 0.05) is 18.5 Å². The van der Waals surface area contributed by atoms with Gasteiger partial charge in [0.1, 0.15) is 6.33 Å². The van der Waals surface area contributed by atoms with Gasteiger partial charge < -0.3 is 10.6 Å². The highest BCUT2D eigenvalue weighted by Gasteiger charge is 2.40. The molecule has 2 aromatic rings. The molecule has 1 amide bonds. The average molecular weight is 311 g/mol. The van der Waals surface area contributed by atoms with Gasteiger partial charge >= 0.3 is 0 Å². The summed E-state index contributed by atoms with van der Waals surface area (Å²) in [6.07, 6.45) is 4.88. The number of nitrogens with one attached hydrogen (secondary N) is 2. The van der Waals surface area contributed by atoms with Gasteiger partial charge in [-0.05, 0) is 31.4 Å². The molecule has 1 aliphatic heterocycles. The first-order chi connectivity index (χ1) is 11.3. The molecule has 0 spiro atoms. The van der Waals surface area contributed by atoms with Crippen molar-refractivity contribution in [3.05, 3.63) is 48.0 Å². The molecule has 0 radical (unpaired) electrons. The molecule has 1 saturated heterocycles. The van der Waals surface area contributed by atoms with Gasteiger partial charge in [-0.2, -0.15) is 0 Å². The minimum absolute atomic E-state index is 0.170. The largest absolute Gasteiger partial charge is 0.346 e. The van der Waals surface area contributed by atoms with E-state index in [0.717, 1.165) is 32.4 Å². The topological polar surface area (TPSA) is 71.8 Å². The Morgan fingerprint density at radius 3 is 2.96 bits per heavy atom. The zero-order chi connectivity index (χ0) is 15.6. The van der Waals surface area contributed by atoms with E-state index >= 15 is 0 Å². The smallest absolute Gasteiger partial charge is 0.291 e. The predicted molar refractivity (Wildman–Crippen MR) is 86.2 cm³/mol. The van der Waals surface area contributed by atoms with Crippen molar-refractivity contribution in [1.82, 2.24) is 25.4 Å². The summed E-state index contributed by atoms with van der Waals surface area (Å²) in [5.41, 5.74) is 1.28. The normalized spacial score (nSPS) is 26.7. The maximum Gasteiger partial charge on any atom is 0.291 e. The molecule has 1 aliphatic carbocycles. The Morgan fingerprint density at radius 1 is 1.30 bits per heavy atom. The second-order valence-electron chi connectivity index (χ2n) is 6.38. The lowest BCUT2D eigenvalue weighted by molar-refractivity contribution is 0.0939. The van der Waals surface area contributed by atoms with Crippen LogP contribution in [0.5, 0.6) is 0 Å². The van der Waals surface area contributed by atoms with Crippen LogP contribution < -0.4 is 10.6 Å². The van der Waals surface area contributed by atoms with Gasteiger partial charge in [0.15, 0.2) is 0 Å². The van der Waals surface area contributed by atoms with Crippen molar-refractivity contribution in [3.8, 4) is 0 Å². The Bertz CT molecular complexity index is 677. The van der Waals surface area contributed by atoms with Gasteiger partial charge in [0.25, 0.3) is 5.91 Å². The van der Waals surface area contributed by atoms with Crippen LogP contribution in [0.3, 0.4) is 0 Å². The fourth-order valence-corrected chi connectivity index (χ4v) is 3.27. The molecule has 6 nitrogen and oxygen atoms in total. The Kier molecular flexibility index (Phi) is 3.83.